The SMILES string of the molecule is CCCCn1c(C)cc2c(c1=O)C1O[C@](c3ccsc3)(Cc3ccccc31)O2. The Morgan fingerprint density at radius 3 is 2.93 bits per heavy atom. The van der Waals surface area contributed by atoms with E-state index in [0.717, 1.165) is 36.2 Å². The van der Waals surface area contributed by atoms with Crippen molar-refractivity contribution in [3.05, 3.63) is 85.5 Å². The molecule has 2 aromatic heterocycles. The normalized spacial score (nSPS) is 22.3. The Bertz CT molecular complexity index is 1090. The number of hydrogen-bond acceptors (Lipinski definition) is 4. The molecular formula is C23H23NO3S. The van der Waals surface area contributed by atoms with Crippen LogP contribution in [0, 0.1) is 6.92 Å². The molecule has 1 aromatic carbocycles. The molecule has 0 saturated heterocycles. The molecular weight excluding hydrogens is 370 g/mol. The van der Waals surface area contributed by atoms with Gasteiger partial charge in [-0.25, -0.2) is 0 Å². The highest BCUT2D eigenvalue weighted by molar-refractivity contribution is 7.08. The second-order valence-electron chi connectivity index (χ2n) is 7.61. The number of aryl methyl sites for hydroxylation is 1. The zero-order valence-corrected chi connectivity index (χ0v) is 16.9. The molecule has 0 amide bonds. The van der Waals surface area contributed by atoms with Crippen LogP contribution in [0.15, 0.2) is 52.0 Å². The van der Waals surface area contributed by atoms with Crippen LogP contribution in [0.1, 0.15) is 53.8 Å². The van der Waals surface area contributed by atoms with Gasteiger partial charge in [-0.3, -0.25) is 4.79 Å². The summed E-state index contributed by atoms with van der Waals surface area (Å²) < 4.78 is 14.9. The van der Waals surface area contributed by atoms with E-state index in [4.69, 9.17) is 9.47 Å². The molecule has 2 bridgehead atoms. The van der Waals surface area contributed by atoms with Gasteiger partial charge in [0.25, 0.3) is 5.56 Å². The van der Waals surface area contributed by atoms with Crippen LogP contribution in [0.25, 0.3) is 0 Å². The number of unbranched alkanes of at least 4 members (excludes halogenated alkanes) is 1. The molecule has 5 rings (SSSR count). The fraction of sp³-hybridized carbons (Fsp3) is 0.348. The minimum Gasteiger partial charge on any atom is -0.457 e. The summed E-state index contributed by atoms with van der Waals surface area (Å²) in [5.41, 5.74) is 4.82. The van der Waals surface area contributed by atoms with Crippen LogP contribution in [-0.2, 0) is 23.5 Å². The second-order valence-corrected chi connectivity index (χ2v) is 8.39. The Kier molecular flexibility index (Phi) is 4.18. The number of nitrogens with zero attached hydrogens (tertiary/aromatic N) is 1. The summed E-state index contributed by atoms with van der Waals surface area (Å²) in [6, 6.07) is 12.3. The summed E-state index contributed by atoms with van der Waals surface area (Å²) >= 11 is 1.63. The van der Waals surface area contributed by atoms with Crippen LogP contribution in [0.2, 0.25) is 0 Å². The van der Waals surface area contributed by atoms with Crippen LogP contribution in [0.4, 0.5) is 0 Å². The topological polar surface area (TPSA) is 40.5 Å². The van der Waals surface area contributed by atoms with Gasteiger partial charge in [0.05, 0.1) is 5.56 Å². The highest BCUT2D eigenvalue weighted by atomic mass is 32.1. The van der Waals surface area contributed by atoms with Gasteiger partial charge < -0.3 is 14.0 Å². The summed E-state index contributed by atoms with van der Waals surface area (Å²) in [5.74, 6) is -0.215. The molecule has 4 nitrogen and oxygen atoms in total. The second kappa shape index (κ2) is 6.61. The number of hydrogen-bond donors (Lipinski definition) is 0. The predicted molar refractivity (Wildman–Crippen MR) is 110 cm³/mol. The van der Waals surface area contributed by atoms with E-state index in [9.17, 15) is 4.79 Å². The Balaban J connectivity index is 1.74. The standard InChI is InChI=1S/C23H23NO3S/c1-3-4-10-24-15(2)12-19-20(22(24)25)21-18-8-6-5-7-16(18)13-23(26-19,27-21)17-9-11-28-14-17/h5-9,11-12,14,21H,3-4,10,13H2,1-2H3/t21?,23-/m0/s1. The van der Waals surface area contributed by atoms with E-state index in [1.807, 2.05) is 35.1 Å². The molecule has 0 spiro atoms. The van der Waals surface area contributed by atoms with Crippen molar-refractivity contribution in [3.8, 4) is 5.75 Å². The monoisotopic (exact) mass is 393 g/mol. The summed E-state index contributed by atoms with van der Waals surface area (Å²) in [4.78, 5) is 13.4. The zero-order chi connectivity index (χ0) is 19.3. The van der Waals surface area contributed by atoms with Gasteiger partial charge in [0.15, 0.2) is 0 Å². The molecule has 144 valence electrons. The van der Waals surface area contributed by atoms with Crippen LogP contribution < -0.4 is 10.3 Å². The van der Waals surface area contributed by atoms with Gasteiger partial charge in [-0.15, -0.1) is 0 Å². The average molecular weight is 394 g/mol. The van der Waals surface area contributed by atoms with E-state index in [0.29, 0.717) is 17.7 Å². The number of aromatic nitrogens is 1. The molecule has 0 N–H and O–H groups in total. The molecule has 1 unspecified atom stereocenters. The van der Waals surface area contributed by atoms with Crippen LogP contribution in [0.3, 0.4) is 0 Å². The van der Waals surface area contributed by atoms with E-state index < -0.39 is 11.9 Å². The van der Waals surface area contributed by atoms with E-state index in [-0.39, 0.29) is 5.56 Å². The molecule has 2 aliphatic heterocycles. The molecule has 5 heteroatoms. The first-order valence-electron chi connectivity index (χ1n) is 9.84. The molecule has 0 saturated carbocycles. The number of thiophene rings is 1. The molecule has 28 heavy (non-hydrogen) atoms. The molecule has 2 atom stereocenters. The Morgan fingerprint density at radius 1 is 1.29 bits per heavy atom. The van der Waals surface area contributed by atoms with Gasteiger partial charge in [-0.2, -0.15) is 11.3 Å². The minimum atomic E-state index is -0.875. The van der Waals surface area contributed by atoms with Crippen LogP contribution in [-0.4, -0.2) is 4.57 Å². The van der Waals surface area contributed by atoms with Gasteiger partial charge in [-0.1, -0.05) is 37.6 Å². The summed E-state index contributed by atoms with van der Waals surface area (Å²) in [7, 11) is 0. The smallest absolute Gasteiger partial charge is 0.260 e. The maximum atomic E-state index is 13.4. The lowest BCUT2D eigenvalue weighted by atomic mass is 9.85. The van der Waals surface area contributed by atoms with Gasteiger partial charge in [0, 0.05) is 35.7 Å². The molecule has 2 aliphatic rings. The number of rotatable bonds is 4. The average Bonchev–Trinajstić information content (AvgIpc) is 3.23. The maximum absolute atomic E-state index is 13.4. The van der Waals surface area contributed by atoms with E-state index >= 15 is 0 Å². The van der Waals surface area contributed by atoms with Gasteiger partial charge in [0.1, 0.15) is 11.9 Å². The fourth-order valence-electron chi connectivity index (χ4n) is 4.34. The maximum Gasteiger partial charge on any atom is 0.260 e. The van der Waals surface area contributed by atoms with E-state index in [2.05, 4.69) is 30.5 Å². The molecule has 3 aromatic rings. The van der Waals surface area contributed by atoms with Crippen LogP contribution in [0.5, 0.6) is 5.75 Å². The molecule has 4 heterocycles. The third kappa shape index (κ3) is 2.57. The molecule has 0 fully saturated rings. The fourth-order valence-corrected chi connectivity index (χ4v) is 5.04. The highest BCUT2D eigenvalue weighted by Crippen LogP contribution is 2.51. The van der Waals surface area contributed by atoms with Gasteiger partial charge in [0.2, 0.25) is 5.79 Å². The minimum absolute atomic E-state index is 0.00377. The molecule has 0 aliphatic carbocycles. The number of ether oxygens (including phenoxy) is 2. The predicted octanol–water partition coefficient (Wildman–Crippen LogP) is 4.93. The summed E-state index contributed by atoms with van der Waals surface area (Å²) in [6.07, 6.45) is 2.24. The van der Waals surface area contributed by atoms with Crippen molar-refractivity contribution in [1.82, 2.24) is 4.57 Å². The van der Waals surface area contributed by atoms with Crippen molar-refractivity contribution in [1.29, 1.82) is 0 Å². The van der Waals surface area contributed by atoms with Crippen molar-refractivity contribution < 1.29 is 9.47 Å². The number of fused-ring (bicyclic) bond motifs is 6. The first-order chi connectivity index (χ1) is 13.6. The van der Waals surface area contributed by atoms with E-state index in [1.165, 1.54) is 5.56 Å². The zero-order valence-electron chi connectivity index (χ0n) is 16.1. The lowest BCUT2D eigenvalue weighted by molar-refractivity contribution is -0.237. The van der Waals surface area contributed by atoms with Crippen molar-refractivity contribution in [2.75, 3.05) is 0 Å². The third-order valence-corrected chi connectivity index (χ3v) is 6.49. The quantitative estimate of drug-likeness (QED) is 0.631. The van der Waals surface area contributed by atoms with Crippen molar-refractivity contribution in [2.45, 2.75) is 51.5 Å². The lowest BCUT2D eigenvalue weighted by Gasteiger charge is -2.46. The Morgan fingerprint density at radius 2 is 2.14 bits per heavy atom. The Hall–Kier alpha value is -2.37. The Labute approximate surface area is 168 Å². The lowest BCUT2D eigenvalue weighted by Crippen LogP contribution is -2.48. The highest BCUT2D eigenvalue weighted by Gasteiger charge is 2.50. The summed E-state index contributed by atoms with van der Waals surface area (Å²) in [6.45, 7) is 4.84. The molecule has 0 radical (unpaired) electrons. The number of benzene rings is 1. The first-order valence-corrected chi connectivity index (χ1v) is 10.8. The van der Waals surface area contributed by atoms with Gasteiger partial charge in [-0.05, 0) is 35.9 Å². The number of pyridine rings is 1. The van der Waals surface area contributed by atoms with Crippen molar-refractivity contribution in [3.63, 3.8) is 0 Å². The van der Waals surface area contributed by atoms with Crippen molar-refractivity contribution in [2.24, 2.45) is 0 Å². The largest absolute Gasteiger partial charge is 0.457 e. The summed E-state index contributed by atoms with van der Waals surface area (Å²) in [5, 5.41) is 4.11. The van der Waals surface area contributed by atoms with Gasteiger partial charge >= 0.3 is 0 Å². The first kappa shape index (κ1) is 17.7. The van der Waals surface area contributed by atoms with Crippen molar-refractivity contribution >= 4 is 11.3 Å². The van der Waals surface area contributed by atoms with E-state index in [1.54, 1.807) is 11.3 Å². The van der Waals surface area contributed by atoms with Crippen LogP contribution >= 0.6 is 11.3 Å². The third-order valence-electron chi connectivity index (χ3n) is 5.81.